The number of hydrogen-bond donors (Lipinski definition) is 1. The normalized spacial score (nSPS) is 18.3. The summed E-state index contributed by atoms with van der Waals surface area (Å²) in [5.74, 6) is 0.0593. The Bertz CT molecular complexity index is 627. The van der Waals surface area contributed by atoms with Gasteiger partial charge in [-0.2, -0.15) is 0 Å². The zero-order valence-electron chi connectivity index (χ0n) is 12.3. The number of carbonyl (C=O) groups excluding carboxylic acids is 1. The lowest BCUT2D eigenvalue weighted by molar-refractivity contribution is -0.117. The molecule has 1 aliphatic heterocycles. The maximum absolute atomic E-state index is 12.3. The van der Waals surface area contributed by atoms with Crippen molar-refractivity contribution in [3.05, 3.63) is 63.7 Å². The number of anilines is 1. The molecule has 1 N–H and O–H groups in total. The van der Waals surface area contributed by atoms with Gasteiger partial charge in [-0.25, -0.2) is 0 Å². The second kappa shape index (κ2) is 7.24. The SMILES string of the molecule is O=C(CN1CCC[C@H]1c1ccccc1)Nc1ccc(I)cc1. The predicted molar refractivity (Wildman–Crippen MR) is 97.8 cm³/mol. The van der Waals surface area contributed by atoms with E-state index < -0.39 is 0 Å². The summed E-state index contributed by atoms with van der Waals surface area (Å²) >= 11 is 2.26. The van der Waals surface area contributed by atoms with E-state index in [1.807, 2.05) is 30.3 Å². The Morgan fingerprint density at radius 1 is 1.14 bits per heavy atom. The third-order valence-electron chi connectivity index (χ3n) is 4.02. The highest BCUT2D eigenvalue weighted by Gasteiger charge is 2.27. The van der Waals surface area contributed by atoms with Crippen LogP contribution in [0, 0.1) is 3.57 Å². The van der Waals surface area contributed by atoms with Crippen LogP contribution in [0.1, 0.15) is 24.4 Å². The van der Waals surface area contributed by atoms with E-state index in [1.165, 1.54) is 9.13 Å². The molecule has 1 atom stereocenters. The molecule has 1 fully saturated rings. The van der Waals surface area contributed by atoms with Gasteiger partial charge in [0.05, 0.1) is 6.54 Å². The first-order chi connectivity index (χ1) is 10.7. The first kappa shape index (κ1) is 15.5. The van der Waals surface area contributed by atoms with Crippen molar-refractivity contribution in [2.75, 3.05) is 18.4 Å². The van der Waals surface area contributed by atoms with Crippen LogP contribution >= 0.6 is 22.6 Å². The summed E-state index contributed by atoms with van der Waals surface area (Å²) in [6.45, 7) is 1.44. The smallest absolute Gasteiger partial charge is 0.238 e. The van der Waals surface area contributed by atoms with Gasteiger partial charge < -0.3 is 5.32 Å². The minimum absolute atomic E-state index is 0.0593. The summed E-state index contributed by atoms with van der Waals surface area (Å²) in [5.41, 5.74) is 2.17. The van der Waals surface area contributed by atoms with E-state index in [4.69, 9.17) is 0 Å². The maximum atomic E-state index is 12.3. The van der Waals surface area contributed by atoms with Crippen LogP contribution in [0.15, 0.2) is 54.6 Å². The molecule has 1 aliphatic rings. The highest BCUT2D eigenvalue weighted by Crippen LogP contribution is 2.31. The van der Waals surface area contributed by atoms with Crippen LogP contribution in [0.2, 0.25) is 0 Å². The Kier molecular flexibility index (Phi) is 5.10. The van der Waals surface area contributed by atoms with E-state index >= 15 is 0 Å². The van der Waals surface area contributed by atoms with Crippen molar-refractivity contribution in [1.82, 2.24) is 4.90 Å². The van der Waals surface area contributed by atoms with Crippen molar-refractivity contribution in [3.8, 4) is 0 Å². The van der Waals surface area contributed by atoms with E-state index in [0.29, 0.717) is 12.6 Å². The van der Waals surface area contributed by atoms with Crippen LogP contribution in [0.5, 0.6) is 0 Å². The number of carbonyl (C=O) groups is 1. The molecule has 2 aromatic carbocycles. The number of hydrogen-bond acceptors (Lipinski definition) is 2. The molecule has 0 spiro atoms. The Hall–Kier alpha value is -1.40. The molecule has 114 valence electrons. The lowest BCUT2D eigenvalue weighted by Gasteiger charge is -2.24. The molecular formula is C18H19IN2O. The summed E-state index contributed by atoms with van der Waals surface area (Å²) in [4.78, 5) is 14.6. The predicted octanol–water partition coefficient (Wildman–Crippen LogP) is 4.07. The van der Waals surface area contributed by atoms with Crippen molar-refractivity contribution in [2.45, 2.75) is 18.9 Å². The standard InChI is InChI=1S/C18H19IN2O/c19-15-8-10-16(11-9-15)20-18(22)13-21-12-4-7-17(21)14-5-2-1-3-6-14/h1-3,5-6,8-11,17H,4,7,12-13H2,(H,20,22)/t17-/m0/s1. The molecule has 1 heterocycles. The molecule has 1 amide bonds. The van der Waals surface area contributed by atoms with E-state index in [-0.39, 0.29) is 5.91 Å². The van der Waals surface area contributed by atoms with Crippen LogP contribution in [0.25, 0.3) is 0 Å². The monoisotopic (exact) mass is 406 g/mol. The molecule has 3 nitrogen and oxygen atoms in total. The number of rotatable bonds is 4. The van der Waals surface area contributed by atoms with E-state index in [1.54, 1.807) is 0 Å². The third kappa shape index (κ3) is 3.87. The van der Waals surface area contributed by atoms with Crippen molar-refractivity contribution >= 4 is 34.2 Å². The van der Waals surface area contributed by atoms with E-state index in [0.717, 1.165) is 25.1 Å². The van der Waals surface area contributed by atoms with Gasteiger partial charge >= 0.3 is 0 Å². The van der Waals surface area contributed by atoms with Crippen LogP contribution < -0.4 is 5.32 Å². The van der Waals surface area contributed by atoms with Crippen molar-refractivity contribution in [1.29, 1.82) is 0 Å². The van der Waals surface area contributed by atoms with Gasteiger partial charge in [0.2, 0.25) is 5.91 Å². The highest BCUT2D eigenvalue weighted by molar-refractivity contribution is 14.1. The van der Waals surface area contributed by atoms with Crippen LogP contribution in [0.3, 0.4) is 0 Å². The van der Waals surface area contributed by atoms with Gasteiger partial charge in [-0.3, -0.25) is 9.69 Å². The second-order valence-corrected chi connectivity index (χ2v) is 6.84. The number of nitrogens with zero attached hydrogens (tertiary/aromatic N) is 1. The minimum Gasteiger partial charge on any atom is -0.325 e. The summed E-state index contributed by atoms with van der Waals surface area (Å²) in [6, 6.07) is 18.7. The molecule has 0 aromatic heterocycles. The quantitative estimate of drug-likeness (QED) is 0.777. The topological polar surface area (TPSA) is 32.3 Å². The molecule has 0 saturated carbocycles. The molecule has 0 aliphatic carbocycles. The van der Waals surface area contributed by atoms with Gasteiger partial charge in [0.25, 0.3) is 0 Å². The number of likely N-dealkylation sites (tertiary alicyclic amines) is 1. The molecule has 3 rings (SSSR count). The Morgan fingerprint density at radius 3 is 2.59 bits per heavy atom. The average molecular weight is 406 g/mol. The molecule has 0 bridgehead atoms. The fraction of sp³-hybridized carbons (Fsp3) is 0.278. The van der Waals surface area contributed by atoms with Crippen molar-refractivity contribution in [2.24, 2.45) is 0 Å². The second-order valence-electron chi connectivity index (χ2n) is 5.59. The lowest BCUT2D eigenvalue weighted by Crippen LogP contribution is -2.32. The molecule has 4 heteroatoms. The summed E-state index contributed by atoms with van der Waals surface area (Å²) in [7, 11) is 0. The van der Waals surface area contributed by atoms with E-state index in [2.05, 4.69) is 57.1 Å². The molecule has 0 radical (unpaired) electrons. The Labute approximate surface area is 144 Å². The van der Waals surface area contributed by atoms with Gasteiger partial charge in [0.15, 0.2) is 0 Å². The van der Waals surface area contributed by atoms with Gasteiger partial charge in [-0.15, -0.1) is 0 Å². The van der Waals surface area contributed by atoms with Crippen molar-refractivity contribution < 1.29 is 4.79 Å². The average Bonchev–Trinajstić information content (AvgIpc) is 2.98. The zero-order valence-corrected chi connectivity index (χ0v) is 14.5. The van der Waals surface area contributed by atoms with E-state index in [9.17, 15) is 4.79 Å². The fourth-order valence-electron chi connectivity index (χ4n) is 2.99. The first-order valence-electron chi connectivity index (χ1n) is 7.57. The largest absolute Gasteiger partial charge is 0.325 e. The molecule has 22 heavy (non-hydrogen) atoms. The van der Waals surface area contributed by atoms with Gasteiger partial charge in [-0.05, 0) is 71.8 Å². The fourth-order valence-corrected chi connectivity index (χ4v) is 3.35. The Balaban J connectivity index is 1.62. The Morgan fingerprint density at radius 2 is 1.86 bits per heavy atom. The highest BCUT2D eigenvalue weighted by atomic mass is 127. The zero-order chi connectivity index (χ0) is 15.4. The van der Waals surface area contributed by atoms with Crippen LogP contribution in [0.4, 0.5) is 5.69 Å². The first-order valence-corrected chi connectivity index (χ1v) is 8.65. The maximum Gasteiger partial charge on any atom is 0.238 e. The minimum atomic E-state index is 0.0593. The van der Waals surface area contributed by atoms with Gasteiger partial charge in [-0.1, -0.05) is 30.3 Å². The number of halogens is 1. The molecule has 0 unspecified atom stereocenters. The summed E-state index contributed by atoms with van der Waals surface area (Å²) in [5, 5.41) is 2.98. The van der Waals surface area contributed by atoms with Gasteiger partial charge in [0.1, 0.15) is 0 Å². The molecule has 2 aromatic rings. The molecular weight excluding hydrogens is 387 g/mol. The molecule has 1 saturated heterocycles. The third-order valence-corrected chi connectivity index (χ3v) is 4.74. The summed E-state index contributed by atoms with van der Waals surface area (Å²) < 4.78 is 1.17. The number of amides is 1. The summed E-state index contributed by atoms with van der Waals surface area (Å²) in [6.07, 6.45) is 2.27. The van der Waals surface area contributed by atoms with Crippen molar-refractivity contribution in [3.63, 3.8) is 0 Å². The lowest BCUT2D eigenvalue weighted by atomic mass is 10.0. The number of benzene rings is 2. The van der Waals surface area contributed by atoms with Gasteiger partial charge in [0, 0.05) is 15.3 Å². The number of nitrogens with one attached hydrogen (secondary N) is 1. The van der Waals surface area contributed by atoms with Crippen LogP contribution in [-0.2, 0) is 4.79 Å². The van der Waals surface area contributed by atoms with Crippen LogP contribution in [-0.4, -0.2) is 23.9 Å².